The maximum atomic E-state index is 12.1. The number of aliphatic carboxylic acids is 1. The summed E-state index contributed by atoms with van der Waals surface area (Å²) < 4.78 is 5.37. The summed E-state index contributed by atoms with van der Waals surface area (Å²) in [6, 6.07) is 3.81. The first-order valence-electron chi connectivity index (χ1n) is 8.24. The quantitative estimate of drug-likeness (QED) is 0.919. The van der Waals surface area contributed by atoms with Gasteiger partial charge in [-0.3, -0.25) is 9.78 Å². The fraction of sp³-hybridized carbons (Fsp3) is 0.611. The van der Waals surface area contributed by atoms with Crippen LogP contribution in [0.4, 0.5) is 4.79 Å². The van der Waals surface area contributed by atoms with Crippen molar-refractivity contribution < 1.29 is 19.4 Å². The lowest BCUT2D eigenvalue weighted by atomic mass is 9.74. The van der Waals surface area contributed by atoms with Crippen molar-refractivity contribution in [1.82, 2.24) is 9.88 Å². The minimum absolute atomic E-state index is 0.379. The molecule has 1 aliphatic heterocycles. The number of likely N-dealkylation sites (tertiary alicyclic amines) is 1. The van der Waals surface area contributed by atoms with Crippen LogP contribution in [-0.2, 0) is 16.0 Å². The first-order valence-corrected chi connectivity index (χ1v) is 8.24. The normalized spacial score (nSPS) is 17.4. The molecule has 0 atom stereocenters. The number of piperidine rings is 1. The number of aromatic nitrogens is 1. The fourth-order valence-corrected chi connectivity index (χ4v) is 2.95. The Bertz CT molecular complexity index is 614. The topological polar surface area (TPSA) is 79.7 Å². The summed E-state index contributed by atoms with van der Waals surface area (Å²) in [4.78, 5) is 29.9. The maximum Gasteiger partial charge on any atom is 0.410 e. The molecule has 0 aromatic carbocycles. The lowest BCUT2D eigenvalue weighted by molar-refractivity contribution is -0.152. The van der Waals surface area contributed by atoms with Gasteiger partial charge in [0.2, 0.25) is 0 Å². The lowest BCUT2D eigenvalue weighted by Crippen LogP contribution is -2.48. The predicted octanol–water partition coefficient (Wildman–Crippen LogP) is 3.03. The zero-order valence-corrected chi connectivity index (χ0v) is 14.8. The molecule has 0 spiro atoms. The van der Waals surface area contributed by atoms with E-state index in [4.69, 9.17) is 4.74 Å². The molecule has 1 N–H and O–H groups in total. The van der Waals surface area contributed by atoms with E-state index in [-0.39, 0.29) is 6.09 Å². The van der Waals surface area contributed by atoms with Crippen LogP contribution < -0.4 is 0 Å². The summed E-state index contributed by atoms with van der Waals surface area (Å²) in [5.74, 6) is -0.824. The van der Waals surface area contributed by atoms with Gasteiger partial charge in [0.15, 0.2) is 0 Å². The summed E-state index contributed by atoms with van der Waals surface area (Å²) >= 11 is 0. The molecule has 1 aliphatic rings. The van der Waals surface area contributed by atoms with E-state index in [1.165, 1.54) is 0 Å². The Morgan fingerprint density at radius 2 is 1.96 bits per heavy atom. The third-order valence-electron chi connectivity index (χ3n) is 4.32. The Hall–Kier alpha value is -2.11. The number of aryl methyl sites for hydroxylation is 1. The summed E-state index contributed by atoms with van der Waals surface area (Å²) in [6.07, 6.45) is 2.51. The van der Waals surface area contributed by atoms with Gasteiger partial charge < -0.3 is 14.7 Å². The van der Waals surface area contributed by atoms with E-state index in [1.54, 1.807) is 11.1 Å². The largest absolute Gasteiger partial charge is 0.481 e. The standard InChI is InChI=1S/C18H26N2O4/c1-13-5-8-19-14(11-13)12-18(15(21)22)6-9-20(10-7-18)16(23)24-17(2,3)4/h5,8,11H,6-7,9-10,12H2,1-4H3,(H,21,22). The molecule has 0 saturated carbocycles. The fourth-order valence-electron chi connectivity index (χ4n) is 2.95. The average Bonchev–Trinajstić information content (AvgIpc) is 2.46. The number of carbonyl (C=O) groups excluding carboxylic acids is 1. The van der Waals surface area contributed by atoms with Crippen molar-refractivity contribution in [2.45, 2.75) is 52.6 Å². The molecule has 0 radical (unpaired) electrons. The highest BCUT2D eigenvalue weighted by atomic mass is 16.6. The minimum atomic E-state index is -0.876. The highest BCUT2D eigenvalue weighted by molar-refractivity contribution is 5.76. The van der Waals surface area contributed by atoms with Crippen LogP contribution in [0.15, 0.2) is 18.3 Å². The molecule has 0 bridgehead atoms. The number of nitrogens with zero attached hydrogens (tertiary/aromatic N) is 2. The van der Waals surface area contributed by atoms with Crippen LogP contribution in [0, 0.1) is 12.3 Å². The molecule has 24 heavy (non-hydrogen) atoms. The molecule has 1 amide bonds. The molecular weight excluding hydrogens is 308 g/mol. The first kappa shape index (κ1) is 18.2. The molecule has 2 rings (SSSR count). The third-order valence-corrected chi connectivity index (χ3v) is 4.32. The van der Waals surface area contributed by atoms with Gasteiger partial charge in [-0.25, -0.2) is 4.79 Å². The second-order valence-corrected chi connectivity index (χ2v) is 7.55. The molecule has 0 unspecified atom stereocenters. The van der Waals surface area contributed by atoms with Crippen molar-refractivity contribution in [3.05, 3.63) is 29.6 Å². The van der Waals surface area contributed by atoms with Crippen molar-refractivity contribution in [2.24, 2.45) is 5.41 Å². The summed E-state index contributed by atoms with van der Waals surface area (Å²) in [5.41, 5.74) is 0.415. The number of carboxylic acid groups (broad SMARTS) is 1. The first-order chi connectivity index (χ1) is 11.1. The van der Waals surface area contributed by atoms with Crippen LogP contribution in [0.3, 0.4) is 0 Å². The second kappa shape index (κ2) is 6.79. The van der Waals surface area contributed by atoms with Crippen molar-refractivity contribution in [3.8, 4) is 0 Å². The van der Waals surface area contributed by atoms with Gasteiger partial charge in [0.1, 0.15) is 5.60 Å². The van der Waals surface area contributed by atoms with Crippen molar-refractivity contribution >= 4 is 12.1 Å². The van der Waals surface area contributed by atoms with Gasteiger partial charge in [0, 0.05) is 31.4 Å². The molecule has 2 heterocycles. The van der Waals surface area contributed by atoms with E-state index < -0.39 is 17.0 Å². The number of ether oxygens (including phenoxy) is 1. The summed E-state index contributed by atoms with van der Waals surface area (Å²) in [6.45, 7) is 8.18. The van der Waals surface area contributed by atoms with E-state index >= 15 is 0 Å². The molecule has 6 heteroatoms. The molecule has 1 saturated heterocycles. The van der Waals surface area contributed by atoms with Crippen LogP contribution in [0.2, 0.25) is 0 Å². The van der Waals surface area contributed by atoms with Crippen molar-refractivity contribution in [2.75, 3.05) is 13.1 Å². The Morgan fingerprint density at radius 3 is 2.46 bits per heavy atom. The lowest BCUT2D eigenvalue weighted by Gasteiger charge is -2.39. The van der Waals surface area contributed by atoms with Crippen LogP contribution in [0.5, 0.6) is 0 Å². The summed E-state index contributed by atoms with van der Waals surface area (Å²) in [5, 5.41) is 9.77. The third kappa shape index (κ3) is 4.46. The smallest absolute Gasteiger partial charge is 0.410 e. The number of amides is 1. The SMILES string of the molecule is Cc1ccnc(CC2(C(=O)O)CCN(C(=O)OC(C)(C)C)CC2)c1. The minimum Gasteiger partial charge on any atom is -0.481 e. The zero-order valence-electron chi connectivity index (χ0n) is 14.8. The van der Waals surface area contributed by atoms with Gasteiger partial charge in [0.05, 0.1) is 5.41 Å². The van der Waals surface area contributed by atoms with Gasteiger partial charge in [-0.15, -0.1) is 0 Å². The van der Waals surface area contributed by atoms with E-state index in [9.17, 15) is 14.7 Å². The molecule has 1 fully saturated rings. The number of hydrogen-bond donors (Lipinski definition) is 1. The zero-order chi connectivity index (χ0) is 18.0. The number of rotatable bonds is 3. The van der Waals surface area contributed by atoms with Crippen LogP contribution in [0.1, 0.15) is 44.9 Å². The molecule has 1 aromatic rings. The molecule has 1 aromatic heterocycles. The number of pyridine rings is 1. The Labute approximate surface area is 142 Å². The Balaban J connectivity index is 2.06. The number of carbonyl (C=O) groups is 2. The van der Waals surface area contributed by atoms with E-state index in [2.05, 4.69) is 4.98 Å². The van der Waals surface area contributed by atoms with E-state index in [0.29, 0.717) is 32.4 Å². The van der Waals surface area contributed by atoms with Gasteiger partial charge in [-0.2, -0.15) is 0 Å². The van der Waals surface area contributed by atoms with Crippen molar-refractivity contribution in [1.29, 1.82) is 0 Å². The van der Waals surface area contributed by atoms with Crippen LogP contribution >= 0.6 is 0 Å². The highest BCUT2D eigenvalue weighted by Gasteiger charge is 2.43. The van der Waals surface area contributed by atoms with Crippen molar-refractivity contribution in [3.63, 3.8) is 0 Å². The maximum absolute atomic E-state index is 12.1. The number of hydrogen-bond acceptors (Lipinski definition) is 4. The Kier molecular flexibility index (Phi) is 5.16. The molecule has 0 aliphatic carbocycles. The molecule has 6 nitrogen and oxygen atoms in total. The van der Waals surface area contributed by atoms with Gasteiger partial charge in [0.25, 0.3) is 0 Å². The van der Waals surface area contributed by atoms with E-state index in [0.717, 1.165) is 11.3 Å². The van der Waals surface area contributed by atoms with Gasteiger partial charge in [-0.1, -0.05) is 0 Å². The van der Waals surface area contributed by atoms with Crippen LogP contribution in [0.25, 0.3) is 0 Å². The van der Waals surface area contributed by atoms with E-state index in [1.807, 2.05) is 39.8 Å². The number of carboxylic acids is 1. The summed E-state index contributed by atoms with van der Waals surface area (Å²) in [7, 11) is 0. The monoisotopic (exact) mass is 334 g/mol. The predicted molar refractivity (Wildman–Crippen MR) is 89.8 cm³/mol. The van der Waals surface area contributed by atoms with Crippen LogP contribution in [-0.4, -0.2) is 45.7 Å². The average molecular weight is 334 g/mol. The molecule has 132 valence electrons. The van der Waals surface area contributed by atoms with Gasteiger partial charge in [-0.05, 0) is 58.2 Å². The second-order valence-electron chi connectivity index (χ2n) is 7.55. The van der Waals surface area contributed by atoms with Gasteiger partial charge >= 0.3 is 12.1 Å². The Morgan fingerprint density at radius 1 is 1.33 bits per heavy atom. The highest BCUT2D eigenvalue weighted by Crippen LogP contribution is 2.35. The molecular formula is C18H26N2O4.